The third kappa shape index (κ3) is 2.34. The van der Waals surface area contributed by atoms with Gasteiger partial charge < -0.3 is 9.90 Å². The van der Waals surface area contributed by atoms with Gasteiger partial charge in [-0.2, -0.15) is 0 Å². The number of carbonyl (C=O) groups excluding carboxylic acids is 1. The molecule has 1 unspecified atom stereocenters. The lowest BCUT2D eigenvalue weighted by atomic mass is 9.97. The van der Waals surface area contributed by atoms with Gasteiger partial charge in [0.25, 0.3) is 0 Å². The summed E-state index contributed by atoms with van der Waals surface area (Å²) in [6, 6.07) is 0. The molecule has 0 bridgehead atoms. The lowest BCUT2D eigenvalue weighted by Gasteiger charge is -2.14. The van der Waals surface area contributed by atoms with Crippen molar-refractivity contribution in [3.63, 3.8) is 0 Å². The summed E-state index contributed by atoms with van der Waals surface area (Å²) in [5, 5.41) is 12.1. The van der Waals surface area contributed by atoms with E-state index < -0.39 is 11.2 Å². The number of hydrogen-bond donors (Lipinski definition) is 0. The molecule has 2 aromatic heterocycles. The van der Waals surface area contributed by atoms with Crippen molar-refractivity contribution in [2.24, 2.45) is 0 Å². The van der Waals surface area contributed by atoms with Crippen molar-refractivity contribution in [2.45, 2.75) is 42.9 Å². The maximum Gasteiger partial charge on any atom is 0.128 e. The monoisotopic (exact) mass is 293 g/mol. The molecule has 0 fully saturated rings. The lowest BCUT2D eigenvalue weighted by Crippen LogP contribution is -2.31. The van der Waals surface area contributed by atoms with Crippen LogP contribution in [0.1, 0.15) is 30.2 Å². The molecule has 0 saturated carbocycles. The first-order valence-electron chi connectivity index (χ1n) is 6.29. The van der Waals surface area contributed by atoms with Gasteiger partial charge in [-0.05, 0) is 38.2 Å². The Kier molecular flexibility index (Phi) is 3.45. The molecule has 0 spiro atoms. The molecule has 19 heavy (non-hydrogen) atoms. The topological polar surface area (TPSA) is 65.9 Å². The quantitative estimate of drug-likeness (QED) is 0.638. The Morgan fingerprint density at radius 3 is 3.00 bits per heavy atom. The highest BCUT2D eigenvalue weighted by Gasteiger charge is 2.21. The number of rotatable bonds is 3. The number of aliphatic carboxylic acids is 1. The number of carboxylic acids is 1. The highest BCUT2D eigenvalue weighted by molar-refractivity contribution is 8.00. The zero-order valence-electron chi connectivity index (χ0n) is 10.5. The summed E-state index contributed by atoms with van der Waals surface area (Å²) in [6.07, 6.45) is 6.10. The second-order valence-corrected chi connectivity index (χ2v) is 7.06. The van der Waals surface area contributed by atoms with E-state index in [2.05, 4.69) is 9.97 Å². The van der Waals surface area contributed by atoms with Crippen molar-refractivity contribution in [1.82, 2.24) is 9.97 Å². The molecule has 2 aromatic rings. The zero-order chi connectivity index (χ0) is 13.4. The minimum absolute atomic E-state index is 0.600. The van der Waals surface area contributed by atoms with Crippen molar-refractivity contribution < 1.29 is 9.90 Å². The summed E-state index contributed by atoms with van der Waals surface area (Å²) in [7, 11) is 0. The van der Waals surface area contributed by atoms with Gasteiger partial charge in [0.2, 0.25) is 0 Å². The van der Waals surface area contributed by atoms with Crippen LogP contribution in [0, 0.1) is 0 Å². The van der Waals surface area contributed by atoms with Gasteiger partial charge in [-0.25, -0.2) is 9.97 Å². The summed E-state index contributed by atoms with van der Waals surface area (Å²) < 4.78 is 0. The summed E-state index contributed by atoms with van der Waals surface area (Å²) in [6.45, 7) is 1.63. The molecule has 0 amide bonds. The van der Waals surface area contributed by atoms with Crippen LogP contribution in [0.25, 0.3) is 10.2 Å². The second kappa shape index (κ2) is 5.09. The predicted molar refractivity (Wildman–Crippen MR) is 74.4 cm³/mol. The molecule has 0 radical (unpaired) electrons. The maximum absolute atomic E-state index is 10.9. The van der Waals surface area contributed by atoms with Crippen LogP contribution in [0.4, 0.5) is 0 Å². The van der Waals surface area contributed by atoms with Crippen LogP contribution < -0.4 is 5.11 Å². The van der Waals surface area contributed by atoms with Gasteiger partial charge in [-0.1, -0.05) is 11.8 Å². The van der Waals surface area contributed by atoms with Gasteiger partial charge in [0.1, 0.15) is 16.2 Å². The summed E-state index contributed by atoms with van der Waals surface area (Å²) in [5.41, 5.74) is 1.33. The molecule has 4 nitrogen and oxygen atoms in total. The van der Waals surface area contributed by atoms with Crippen molar-refractivity contribution in [3.05, 3.63) is 16.8 Å². The van der Waals surface area contributed by atoms with E-state index in [0.717, 1.165) is 28.1 Å². The normalized spacial score (nSPS) is 16.3. The average molecular weight is 293 g/mol. The van der Waals surface area contributed by atoms with Gasteiger partial charge in [0.05, 0.1) is 5.97 Å². The highest BCUT2D eigenvalue weighted by Crippen LogP contribution is 2.39. The van der Waals surface area contributed by atoms with Crippen LogP contribution in [-0.4, -0.2) is 21.2 Å². The van der Waals surface area contributed by atoms with Crippen molar-refractivity contribution in [1.29, 1.82) is 0 Å². The zero-order valence-corrected chi connectivity index (χ0v) is 12.1. The van der Waals surface area contributed by atoms with Gasteiger partial charge in [-0.3, -0.25) is 0 Å². The minimum atomic E-state index is -1.05. The first kappa shape index (κ1) is 12.9. The Morgan fingerprint density at radius 1 is 1.42 bits per heavy atom. The third-order valence-corrected chi connectivity index (χ3v) is 5.62. The fraction of sp³-hybridized carbons (Fsp3) is 0.462. The van der Waals surface area contributed by atoms with Crippen LogP contribution in [0.5, 0.6) is 0 Å². The van der Waals surface area contributed by atoms with E-state index in [0.29, 0.717) is 0 Å². The SMILES string of the molecule is CC(Sc1ncnc2sc3c(c12)CCCC3)C(=O)[O-]. The van der Waals surface area contributed by atoms with E-state index >= 15 is 0 Å². The van der Waals surface area contributed by atoms with Gasteiger partial charge in [-0.15, -0.1) is 11.3 Å². The van der Waals surface area contributed by atoms with Crippen LogP contribution in [0.2, 0.25) is 0 Å². The number of carbonyl (C=O) groups is 1. The Hall–Kier alpha value is -1.14. The van der Waals surface area contributed by atoms with E-state index in [1.807, 2.05) is 0 Å². The molecule has 1 aliphatic carbocycles. The van der Waals surface area contributed by atoms with Crippen molar-refractivity contribution in [2.75, 3.05) is 0 Å². The Bertz CT molecular complexity index is 639. The van der Waals surface area contributed by atoms with Crippen LogP contribution >= 0.6 is 23.1 Å². The molecular weight excluding hydrogens is 280 g/mol. The molecule has 3 rings (SSSR count). The number of carboxylic acid groups (broad SMARTS) is 1. The average Bonchev–Trinajstić information content (AvgIpc) is 2.77. The largest absolute Gasteiger partial charge is 0.549 e. The fourth-order valence-corrected chi connectivity index (χ4v) is 4.54. The van der Waals surface area contributed by atoms with E-state index in [1.54, 1.807) is 18.3 Å². The standard InChI is InChI=1S/C13H14N2O2S2/c1-7(13(16)17)18-11-10-8-4-2-3-5-9(8)19-12(10)15-6-14-11/h6-7H,2-5H2,1H3,(H,16,17)/p-1. The van der Waals surface area contributed by atoms with Crippen molar-refractivity contribution >= 4 is 39.3 Å². The predicted octanol–water partition coefficient (Wildman–Crippen LogP) is 1.80. The van der Waals surface area contributed by atoms with Gasteiger partial charge >= 0.3 is 0 Å². The third-order valence-electron chi connectivity index (χ3n) is 3.34. The summed E-state index contributed by atoms with van der Waals surface area (Å²) in [5.74, 6) is -1.05. The lowest BCUT2D eigenvalue weighted by molar-refractivity contribution is -0.304. The van der Waals surface area contributed by atoms with Gasteiger partial charge in [0, 0.05) is 15.5 Å². The molecule has 100 valence electrons. The number of thioether (sulfide) groups is 1. The van der Waals surface area contributed by atoms with E-state index in [4.69, 9.17) is 0 Å². The molecule has 1 atom stereocenters. The van der Waals surface area contributed by atoms with Crippen molar-refractivity contribution in [3.8, 4) is 0 Å². The minimum Gasteiger partial charge on any atom is -0.549 e. The Morgan fingerprint density at radius 2 is 2.21 bits per heavy atom. The second-order valence-electron chi connectivity index (χ2n) is 4.65. The smallest absolute Gasteiger partial charge is 0.128 e. The molecule has 2 heterocycles. The summed E-state index contributed by atoms with van der Waals surface area (Å²) >= 11 is 2.97. The molecule has 6 heteroatoms. The number of nitrogens with zero attached hydrogens (tertiary/aromatic N) is 2. The number of thiophene rings is 1. The Labute approximate surface area is 119 Å². The van der Waals surface area contributed by atoms with Crippen LogP contribution in [-0.2, 0) is 17.6 Å². The van der Waals surface area contributed by atoms with Crippen LogP contribution in [0.3, 0.4) is 0 Å². The van der Waals surface area contributed by atoms with E-state index in [1.165, 1.54) is 41.4 Å². The van der Waals surface area contributed by atoms with E-state index in [-0.39, 0.29) is 0 Å². The molecule has 0 N–H and O–H groups in total. The fourth-order valence-electron chi connectivity index (χ4n) is 2.37. The first-order chi connectivity index (χ1) is 9.16. The molecule has 0 saturated heterocycles. The molecule has 0 aliphatic heterocycles. The highest BCUT2D eigenvalue weighted by atomic mass is 32.2. The molecule has 0 aromatic carbocycles. The number of aromatic nitrogens is 2. The van der Waals surface area contributed by atoms with E-state index in [9.17, 15) is 9.90 Å². The molecule has 1 aliphatic rings. The number of fused-ring (bicyclic) bond motifs is 3. The number of hydrogen-bond acceptors (Lipinski definition) is 6. The summed E-state index contributed by atoms with van der Waals surface area (Å²) in [4.78, 5) is 21.9. The van der Waals surface area contributed by atoms with Gasteiger partial charge in [0.15, 0.2) is 0 Å². The Balaban J connectivity index is 2.09. The molecular formula is C13H13N2O2S2-. The first-order valence-corrected chi connectivity index (χ1v) is 7.99. The maximum atomic E-state index is 10.9. The number of aryl methyl sites for hydroxylation is 2. The van der Waals surface area contributed by atoms with Crippen LogP contribution in [0.15, 0.2) is 11.4 Å².